The SMILES string of the molecule is c1ccc(-c2ccc3c(c2)c2cc4ccccc4cc2n3-c2nc(-c3ccc(-c4ccc5cccnc5c4)nc3)nc3ccccc23)cc1. The molecule has 0 spiro atoms. The number of fused-ring (bicyclic) bond motifs is 6. The third kappa shape index (κ3) is 4.55. The van der Waals surface area contributed by atoms with Crippen LogP contribution in [-0.4, -0.2) is 24.5 Å². The zero-order valence-corrected chi connectivity index (χ0v) is 26.3. The lowest BCUT2D eigenvalue weighted by atomic mass is 10.0. The molecule has 0 aliphatic carbocycles. The van der Waals surface area contributed by atoms with E-state index in [0.717, 1.165) is 55.5 Å². The molecular weight excluding hydrogens is 599 g/mol. The summed E-state index contributed by atoms with van der Waals surface area (Å²) in [5.74, 6) is 1.47. The highest BCUT2D eigenvalue weighted by atomic mass is 15.1. The van der Waals surface area contributed by atoms with Crippen LogP contribution in [0.3, 0.4) is 0 Å². The van der Waals surface area contributed by atoms with Crippen LogP contribution >= 0.6 is 0 Å². The fourth-order valence-electron chi connectivity index (χ4n) is 7.03. The second-order valence-electron chi connectivity index (χ2n) is 12.4. The summed E-state index contributed by atoms with van der Waals surface area (Å²) >= 11 is 0. The predicted octanol–water partition coefficient (Wildman–Crippen LogP) is 10.8. The Bertz CT molecular complexity index is 2870. The molecule has 0 radical (unpaired) electrons. The van der Waals surface area contributed by atoms with Gasteiger partial charge in [-0.1, -0.05) is 91.0 Å². The topological polar surface area (TPSA) is 56.5 Å². The highest BCUT2D eigenvalue weighted by molar-refractivity contribution is 6.15. The Labute approximate surface area is 281 Å². The maximum absolute atomic E-state index is 5.32. The molecule has 10 aromatic rings. The lowest BCUT2D eigenvalue weighted by molar-refractivity contribution is 1.07. The Balaban J connectivity index is 1.19. The third-order valence-electron chi connectivity index (χ3n) is 9.46. The van der Waals surface area contributed by atoms with Gasteiger partial charge in [-0.15, -0.1) is 0 Å². The van der Waals surface area contributed by atoms with Gasteiger partial charge in [-0.2, -0.15) is 0 Å². The maximum Gasteiger partial charge on any atom is 0.163 e. The second kappa shape index (κ2) is 10.9. The van der Waals surface area contributed by atoms with E-state index in [-0.39, 0.29) is 0 Å². The fraction of sp³-hybridized carbons (Fsp3) is 0. The monoisotopic (exact) mass is 625 g/mol. The van der Waals surface area contributed by atoms with Crippen LogP contribution in [0.25, 0.3) is 94.0 Å². The van der Waals surface area contributed by atoms with E-state index in [9.17, 15) is 0 Å². The van der Waals surface area contributed by atoms with Gasteiger partial charge in [0.1, 0.15) is 5.82 Å². The van der Waals surface area contributed by atoms with Gasteiger partial charge in [-0.05, 0) is 82.6 Å². The molecule has 0 amide bonds. The quantitative estimate of drug-likeness (QED) is 0.195. The van der Waals surface area contributed by atoms with Crippen molar-refractivity contribution >= 4 is 54.4 Å². The molecule has 4 aromatic heterocycles. The van der Waals surface area contributed by atoms with Gasteiger partial charge in [-0.3, -0.25) is 14.5 Å². The number of nitrogens with zero attached hydrogens (tertiary/aromatic N) is 5. The number of para-hydroxylation sites is 1. The van der Waals surface area contributed by atoms with Gasteiger partial charge in [0.15, 0.2) is 5.82 Å². The molecule has 0 bridgehead atoms. The highest BCUT2D eigenvalue weighted by Crippen LogP contribution is 2.38. The zero-order valence-electron chi connectivity index (χ0n) is 26.3. The summed E-state index contributed by atoms with van der Waals surface area (Å²) < 4.78 is 2.31. The minimum atomic E-state index is 0.629. The van der Waals surface area contributed by atoms with E-state index >= 15 is 0 Å². The molecule has 49 heavy (non-hydrogen) atoms. The smallest absolute Gasteiger partial charge is 0.163 e. The molecule has 5 heteroatoms. The summed E-state index contributed by atoms with van der Waals surface area (Å²) in [6.45, 7) is 0. The summed E-state index contributed by atoms with van der Waals surface area (Å²) in [4.78, 5) is 19.8. The summed E-state index contributed by atoms with van der Waals surface area (Å²) in [6.07, 6.45) is 3.69. The average molecular weight is 626 g/mol. The molecule has 0 saturated carbocycles. The van der Waals surface area contributed by atoms with Crippen LogP contribution in [0.2, 0.25) is 0 Å². The van der Waals surface area contributed by atoms with Crippen molar-refractivity contribution in [3.05, 3.63) is 164 Å². The van der Waals surface area contributed by atoms with Crippen LogP contribution in [0.4, 0.5) is 0 Å². The minimum absolute atomic E-state index is 0.629. The van der Waals surface area contributed by atoms with Crippen LogP contribution < -0.4 is 0 Å². The predicted molar refractivity (Wildman–Crippen MR) is 201 cm³/mol. The van der Waals surface area contributed by atoms with Crippen LogP contribution in [0.5, 0.6) is 0 Å². The van der Waals surface area contributed by atoms with Crippen molar-refractivity contribution < 1.29 is 0 Å². The van der Waals surface area contributed by atoms with E-state index in [4.69, 9.17) is 15.0 Å². The van der Waals surface area contributed by atoms with Gasteiger partial charge < -0.3 is 0 Å². The van der Waals surface area contributed by atoms with Crippen molar-refractivity contribution in [3.8, 4) is 39.6 Å². The molecule has 0 fully saturated rings. The Hall–Kier alpha value is -6.72. The van der Waals surface area contributed by atoms with Crippen LogP contribution in [0.15, 0.2) is 164 Å². The van der Waals surface area contributed by atoms with E-state index < -0.39 is 0 Å². The third-order valence-corrected chi connectivity index (χ3v) is 9.46. The van der Waals surface area contributed by atoms with E-state index in [1.807, 2.05) is 30.6 Å². The first-order valence-electron chi connectivity index (χ1n) is 16.4. The molecule has 10 rings (SSSR count). The van der Waals surface area contributed by atoms with Gasteiger partial charge in [0.25, 0.3) is 0 Å². The average Bonchev–Trinajstić information content (AvgIpc) is 3.49. The summed E-state index contributed by atoms with van der Waals surface area (Å²) in [5.41, 5.74) is 9.15. The minimum Gasteiger partial charge on any atom is -0.293 e. The summed E-state index contributed by atoms with van der Waals surface area (Å²) in [7, 11) is 0. The van der Waals surface area contributed by atoms with Gasteiger partial charge in [0, 0.05) is 45.1 Å². The van der Waals surface area contributed by atoms with Crippen LogP contribution in [0, 0.1) is 0 Å². The molecule has 4 heterocycles. The first-order valence-corrected chi connectivity index (χ1v) is 16.4. The molecule has 0 atom stereocenters. The van der Waals surface area contributed by atoms with E-state index in [1.165, 1.54) is 32.7 Å². The Morgan fingerprint density at radius 1 is 0.408 bits per heavy atom. The highest BCUT2D eigenvalue weighted by Gasteiger charge is 2.19. The fourth-order valence-corrected chi connectivity index (χ4v) is 7.03. The van der Waals surface area contributed by atoms with Gasteiger partial charge in [0.2, 0.25) is 0 Å². The van der Waals surface area contributed by atoms with E-state index in [0.29, 0.717) is 5.82 Å². The molecule has 228 valence electrons. The summed E-state index contributed by atoms with van der Waals surface area (Å²) in [6, 6.07) is 53.1. The first-order chi connectivity index (χ1) is 24.3. The van der Waals surface area contributed by atoms with Crippen molar-refractivity contribution in [1.82, 2.24) is 24.5 Å². The van der Waals surface area contributed by atoms with Crippen LogP contribution in [0.1, 0.15) is 0 Å². The largest absolute Gasteiger partial charge is 0.293 e. The Morgan fingerprint density at radius 3 is 2.04 bits per heavy atom. The summed E-state index contributed by atoms with van der Waals surface area (Å²) in [5, 5.41) is 6.85. The van der Waals surface area contributed by atoms with Gasteiger partial charge in [0.05, 0.1) is 27.8 Å². The lowest BCUT2D eigenvalue weighted by Gasteiger charge is -2.13. The van der Waals surface area contributed by atoms with Crippen molar-refractivity contribution in [1.29, 1.82) is 0 Å². The van der Waals surface area contributed by atoms with E-state index in [2.05, 4.69) is 143 Å². The van der Waals surface area contributed by atoms with Gasteiger partial charge in [-0.25, -0.2) is 9.97 Å². The standard InChI is InChI=1S/C44H27N5/c1-2-9-28(10-3-1)32-19-21-41-36(24-32)37-23-30-11-4-5-12-31(30)26-42(37)49(41)44-35-14-6-7-15-39(35)47-43(48-44)34-18-20-38(46-27-34)33-17-16-29-13-8-22-45-40(29)25-33/h1-27H. The zero-order chi connectivity index (χ0) is 32.3. The number of rotatable bonds is 4. The molecule has 0 N–H and O–H groups in total. The first kappa shape index (κ1) is 27.4. The van der Waals surface area contributed by atoms with Crippen molar-refractivity contribution in [3.63, 3.8) is 0 Å². The van der Waals surface area contributed by atoms with Crippen molar-refractivity contribution in [2.75, 3.05) is 0 Å². The molecule has 0 saturated heterocycles. The molecular formula is C44H27N5. The number of hydrogen-bond acceptors (Lipinski definition) is 4. The van der Waals surface area contributed by atoms with Gasteiger partial charge >= 0.3 is 0 Å². The normalized spacial score (nSPS) is 11.7. The number of benzene rings is 6. The van der Waals surface area contributed by atoms with Crippen LogP contribution in [-0.2, 0) is 0 Å². The van der Waals surface area contributed by atoms with E-state index in [1.54, 1.807) is 0 Å². The maximum atomic E-state index is 5.32. The Kier molecular flexibility index (Phi) is 6.11. The molecule has 0 aliphatic heterocycles. The number of hydrogen-bond donors (Lipinski definition) is 0. The lowest BCUT2D eigenvalue weighted by Crippen LogP contribution is -2.03. The molecule has 6 aromatic carbocycles. The second-order valence-corrected chi connectivity index (χ2v) is 12.4. The number of aromatic nitrogens is 5. The molecule has 0 aliphatic rings. The van der Waals surface area contributed by atoms with Crippen molar-refractivity contribution in [2.24, 2.45) is 0 Å². The van der Waals surface area contributed by atoms with Crippen molar-refractivity contribution in [2.45, 2.75) is 0 Å². The molecule has 0 unspecified atom stereocenters. The molecule has 5 nitrogen and oxygen atoms in total. The Morgan fingerprint density at radius 2 is 1.16 bits per heavy atom. The number of pyridine rings is 2.